The van der Waals surface area contributed by atoms with Gasteiger partial charge in [0.05, 0.1) is 24.0 Å². The Hall–Kier alpha value is -1.37. The van der Waals surface area contributed by atoms with Gasteiger partial charge >= 0.3 is 5.97 Å². The predicted octanol–water partition coefficient (Wildman–Crippen LogP) is 0.422. The number of likely N-dealkylation sites (N-methyl/N-ethyl adjacent to an activating group) is 1. The van der Waals surface area contributed by atoms with Gasteiger partial charge in [-0.05, 0) is 33.4 Å². The normalized spacial score (nSPS) is 14.2. The first kappa shape index (κ1) is 15.7. The third-order valence-electron chi connectivity index (χ3n) is 3.03. The molecule has 0 amide bonds. The van der Waals surface area contributed by atoms with E-state index in [1.165, 1.54) is 0 Å². The van der Waals surface area contributed by atoms with Crippen LogP contribution in [0.5, 0.6) is 0 Å². The highest BCUT2D eigenvalue weighted by Crippen LogP contribution is 2.25. The van der Waals surface area contributed by atoms with E-state index in [1.807, 2.05) is 0 Å². The largest absolute Gasteiger partial charge is 0.462 e. The van der Waals surface area contributed by atoms with E-state index in [9.17, 15) is 15.0 Å². The molecule has 2 atom stereocenters. The Labute approximate surface area is 112 Å². The van der Waals surface area contributed by atoms with Crippen molar-refractivity contribution in [1.82, 2.24) is 10.3 Å². The molecule has 1 aromatic rings. The number of carbonyl (C=O) groups excluding carboxylic acids is 1. The second-order valence-corrected chi connectivity index (χ2v) is 4.45. The minimum Gasteiger partial charge on any atom is -0.462 e. The number of ether oxygens (including phenoxy) is 1. The lowest BCUT2D eigenvalue weighted by molar-refractivity contribution is 0.0175. The van der Waals surface area contributed by atoms with Crippen molar-refractivity contribution in [2.24, 2.45) is 0 Å². The smallest absolute Gasteiger partial charge is 0.340 e. The van der Waals surface area contributed by atoms with E-state index >= 15 is 0 Å². The average Bonchev–Trinajstić information content (AvgIpc) is 2.64. The van der Waals surface area contributed by atoms with Crippen molar-refractivity contribution in [3.63, 3.8) is 0 Å². The Morgan fingerprint density at radius 3 is 2.58 bits per heavy atom. The maximum atomic E-state index is 11.8. The van der Waals surface area contributed by atoms with Crippen molar-refractivity contribution >= 4 is 5.97 Å². The lowest BCUT2D eigenvalue weighted by atomic mass is 10.0. The SMILES string of the molecule is CCOC(=O)c1c(C)[nH]c(C(O)C(O)CNC)c1C. The van der Waals surface area contributed by atoms with E-state index < -0.39 is 18.2 Å². The third kappa shape index (κ3) is 3.34. The summed E-state index contributed by atoms with van der Waals surface area (Å²) in [5.41, 5.74) is 2.11. The van der Waals surface area contributed by atoms with E-state index in [4.69, 9.17) is 4.74 Å². The van der Waals surface area contributed by atoms with Crippen molar-refractivity contribution in [1.29, 1.82) is 0 Å². The number of hydrogen-bond donors (Lipinski definition) is 4. The summed E-state index contributed by atoms with van der Waals surface area (Å²) in [6, 6.07) is 0. The van der Waals surface area contributed by atoms with Gasteiger partial charge in [-0.1, -0.05) is 0 Å². The minimum atomic E-state index is -1.07. The number of aromatic amines is 1. The van der Waals surface area contributed by atoms with Crippen LogP contribution in [0.25, 0.3) is 0 Å². The number of rotatable bonds is 6. The van der Waals surface area contributed by atoms with Crippen LogP contribution in [-0.2, 0) is 4.74 Å². The molecule has 19 heavy (non-hydrogen) atoms. The second kappa shape index (κ2) is 6.70. The molecule has 2 unspecified atom stereocenters. The molecule has 0 aliphatic rings. The molecule has 0 saturated carbocycles. The second-order valence-electron chi connectivity index (χ2n) is 4.45. The Bertz CT molecular complexity index is 442. The maximum absolute atomic E-state index is 11.8. The van der Waals surface area contributed by atoms with Crippen LogP contribution >= 0.6 is 0 Å². The van der Waals surface area contributed by atoms with Crippen molar-refractivity contribution in [3.05, 3.63) is 22.5 Å². The Morgan fingerprint density at radius 2 is 2.05 bits per heavy atom. The summed E-state index contributed by atoms with van der Waals surface area (Å²) in [7, 11) is 1.69. The summed E-state index contributed by atoms with van der Waals surface area (Å²) in [6.07, 6.45) is -2.02. The van der Waals surface area contributed by atoms with E-state index in [2.05, 4.69) is 10.3 Å². The zero-order valence-electron chi connectivity index (χ0n) is 11.8. The number of nitrogens with one attached hydrogen (secondary N) is 2. The fourth-order valence-electron chi connectivity index (χ4n) is 2.09. The van der Waals surface area contributed by atoms with Crippen LogP contribution in [0.2, 0.25) is 0 Å². The van der Waals surface area contributed by atoms with Gasteiger partial charge in [0, 0.05) is 12.2 Å². The molecular weight excluding hydrogens is 248 g/mol. The van der Waals surface area contributed by atoms with Gasteiger partial charge in [0.1, 0.15) is 6.10 Å². The molecule has 0 aliphatic heterocycles. The van der Waals surface area contributed by atoms with Gasteiger partial charge in [0.15, 0.2) is 0 Å². The molecule has 1 aromatic heterocycles. The maximum Gasteiger partial charge on any atom is 0.340 e. The average molecular weight is 270 g/mol. The van der Waals surface area contributed by atoms with Crippen molar-refractivity contribution < 1.29 is 19.7 Å². The summed E-state index contributed by atoms with van der Waals surface area (Å²) in [4.78, 5) is 14.8. The molecule has 0 aliphatic carbocycles. The van der Waals surface area contributed by atoms with E-state index in [0.717, 1.165) is 0 Å². The van der Waals surface area contributed by atoms with Gasteiger partial charge in [0.2, 0.25) is 0 Å². The van der Waals surface area contributed by atoms with Crippen molar-refractivity contribution in [3.8, 4) is 0 Å². The number of aliphatic hydroxyl groups excluding tert-OH is 2. The van der Waals surface area contributed by atoms with Crippen molar-refractivity contribution in [2.45, 2.75) is 33.0 Å². The number of aryl methyl sites for hydroxylation is 1. The zero-order valence-corrected chi connectivity index (χ0v) is 11.8. The first-order chi connectivity index (χ1) is 8.93. The number of hydrogen-bond acceptors (Lipinski definition) is 5. The third-order valence-corrected chi connectivity index (χ3v) is 3.03. The molecule has 6 nitrogen and oxygen atoms in total. The van der Waals surface area contributed by atoms with Crippen LogP contribution in [0.1, 0.15) is 40.3 Å². The van der Waals surface area contributed by atoms with Crippen LogP contribution < -0.4 is 5.32 Å². The Kier molecular flexibility index (Phi) is 5.53. The summed E-state index contributed by atoms with van der Waals surface area (Å²) >= 11 is 0. The summed E-state index contributed by atoms with van der Waals surface area (Å²) in [5, 5.41) is 22.7. The molecule has 0 aromatic carbocycles. The molecule has 4 N–H and O–H groups in total. The van der Waals surface area contributed by atoms with Gasteiger partial charge < -0.3 is 25.3 Å². The highest BCUT2D eigenvalue weighted by molar-refractivity contribution is 5.92. The Balaban J connectivity index is 3.05. The number of carbonyl (C=O) groups is 1. The minimum absolute atomic E-state index is 0.257. The van der Waals surface area contributed by atoms with Gasteiger partial charge in [0.25, 0.3) is 0 Å². The number of H-pyrrole nitrogens is 1. The first-order valence-corrected chi connectivity index (χ1v) is 6.30. The molecule has 108 valence electrons. The number of aliphatic hydroxyl groups is 2. The van der Waals surface area contributed by atoms with Crippen LogP contribution in [0, 0.1) is 13.8 Å². The zero-order chi connectivity index (χ0) is 14.6. The van der Waals surface area contributed by atoms with Crippen molar-refractivity contribution in [2.75, 3.05) is 20.2 Å². The highest BCUT2D eigenvalue weighted by atomic mass is 16.5. The molecule has 0 spiro atoms. The summed E-state index contributed by atoms with van der Waals surface area (Å²) in [5.74, 6) is -0.421. The lowest BCUT2D eigenvalue weighted by Crippen LogP contribution is -2.30. The molecule has 0 bridgehead atoms. The molecular formula is C13H22N2O4. The summed E-state index contributed by atoms with van der Waals surface area (Å²) in [6.45, 7) is 5.75. The molecule has 0 radical (unpaired) electrons. The molecule has 1 rings (SSSR count). The molecule has 1 heterocycles. The molecule has 0 saturated heterocycles. The first-order valence-electron chi connectivity index (χ1n) is 6.30. The van der Waals surface area contributed by atoms with Crippen LogP contribution in [0.3, 0.4) is 0 Å². The van der Waals surface area contributed by atoms with Gasteiger partial charge in [-0.15, -0.1) is 0 Å². The highest BCUT2D eigenvalue weighted by Gasteiger charge is 2.26. The van der Waals surface area contributed by atoms with Gasteiger partial charge in [-0.3, -0.25) is 0 Å². The number of esters is 1. The molecule has 6 heteroatoms. The van der Waals surface area contributed by atoms with Crippen LogP contribution in [0.4, 0.5) is 0 Å². The van der Waals surface area contributed by atoms with Crippen LogP contribution in [0.15, 0.2) is 0 Å². The van der Waals surface area contributed by atoms with E-state index in [1.54, 1.807) is 27.8 Å². The van der Waals surface area contributed by atoms with Crippen LogP contribution in [-0.4, -0.2) is 47.5 Å². The topological polar surface area (TPSA) is 94.6 Å². The fraction of sp³-hybridized carbons (Fsp3) is 0.615. The fourth-order valence-corrected chi connectivity index (χ4v) is 2.09. The summed E-state index contributed by atoms with van der Waals surface area (Å²) < 4.78 is 4.98. The van der Waals surface area contributed by atoms with Gasteiger partial charge in [-0.2, -0.15) is 0 Å². The van der Waals surface area contributed by atoms with Gasteiger partial charge in [-0.25, -0.2) is 4.79 Å². The lowest BCUT2D eigenvalue weighted by Gasteiger charge is -2.17. The number of aromatic nitrogens is 1. The quantitative estimate of drug-likeness (QED) is 0.562. The Morgan fingerprint density at radius 1 is 1.42 bits per heavy atom. The van der Waals surface area contributed by atoms with E-state index in [0.29, 0.717) is 29.1 Å². The molecule has 0 fully saturated rings. The van der Waals surface area contributed by atoms with E-state index in [-0.39, 0.29) is 6.54 Å². The monoisotopic (exact) mass is 270 g/mol. The predicted molar refractivity (Wildman–Crippen MR) is 71.1 cm³/mol. The standard InChI is InChI=1S/C13H22N2O4/c1-5-19-13(18)10-7(2)11(15-8(10)3)12(17)9(16)6-14-4/h9,12,14-17H,5-6H2,1-4H3.